The number of nitriles is 1. The smallest absolute Gasteiger partial charge is 0.314 e. The summed E-state index contributed by atoms with van der Waals surface area (Å²) in [5, 5.41) is 32.4. The molecule has 66 heavy (non-hydrogen) atoms. The molecule has 0 unspecified atom stereocenters. The third-order valence-electron chi connectivity index (χ3n) is 14.1. The Morgan fingerprint density at radius 3 is 1.39 bits per heavy atom. The minimum Gasteiger partial charge on any atom is -0.481 e. The highest BCUT2D eigenvalue weighted by Gasteiger charge is 2.45. The van der Waals surface area contributed by atoms with Crippen molar-refractivity contribution in [2.45, 2.75) is 60.4 Å². The molecule has 8 nitrogen and oxygen atoms in total. The minimum atomic E-state index is -0.837. The molecular weight excluding hydrogens is 840 g/mol. The topological polar surface area (TPSA) is 108 Å². The maximum Gasteiger partial charge on any atom is 0.314 e. The quantitative estimate of drug-likeness (QED) is 0.112. The van der Waals surface area contributed by atoms with E-state index in [-0.39, 0.29) is 5.91 Å². The van der Waals surface area contributed by atoms with Gasteiger partial charge in [0.2, 0.25) is 5.91 Å². The molecular formula is C57H61ClN4O4. The van der Waals surface area contributed by atoms with Crippen LogP contribution in [0.2, 0.25) is 5.02 Å². The average Bonchev–Trinajstić information content (AvgIpc) is 3.37. The minimum absolute atomic E-state index is 0.0829. The lowest BCUT2D eigenvalue weighted by atomic mass is 9.70. The van der Waals surface area contributed by atoms with Crippen LogP contribution in [0.15, 0.2) is 176 Å². The summed E-state index contributed by atoms with van der Waals surface area (Å²) in [4.78, 5) is 32.4. The molecule has 0 saturated carbocycles. The molecule has 340 valence electrons. The van der Waals surface area contributed by atoms with Crippen molar-refractivity contribution in [1.29, 1.82) is 5.26 Å². The van der Waals surface area contributed by atoms with Gasteiger partial charge in [-0.05, 0) is 104 Å². The summed E-state index contributed by atoms with van der Waals surface area (Å²) < 4.78 is 0. The number of amides is 1. The van der Waals surface area contributed by atoms with Gasteiger partial charge in [0.05, 0.1) is 17.1 Å². The van der Waals surface area contributed by atoms with Gasteiger partial charge in [0.1, 0.15) is 10.8 Å². The van der Waals surface area contributed by atoms with Gasteiger partial charge in [-0.15, -0.1) is 0 Å². The number of aliphatic hydroxyl groups is 1. The van der Waals surface area contributed by atoms with E-state index >= 15 is 0 Å². The van der Waals surface area contributed by atoms with Crippen molar-refractivity contribution in [3.05, 3.63) is 214 Å². The van der Waals surface area contributed by atoms with E-state index in [2.05, 4.69) is 40.1 Å². The summed E-state index contributed by atoms with van der Waals surface area (Å²) >= 11 is 6.03. The number of aliphatic carboxylic acids is 1. The molecule has 2 saturated heterocycles. The van der Waals surface area contributed by atoms with Crippen molar-refractivity contribution in [3.63, 3.8) is 0 Å². The number of nitrogens with zero attached hydrogens (tertiary/aromatic N) is 4. The highest BCUT2D eigenvalue weighted by atomic mass is 35.5. The van der Waals surface area contributed by atoms with Gasteiger partial charge in [-0.25, -0.2) is 0 Å². The van der Waals surface area contributed by atoms with Gasteiger partial charge >= 0.3 is 5.97 Å². The lowest BCUT2D eigenvalue weighted by molar-refractivity contribution is -0.146. The highest BCUT2D eigenvalue weighted by Crippen LogP contribution is 2.41. The van der Waals surface area contributed by atoms with Gasteiger partial charge in [0.25, 0.3) is 0 Å². The summed E-state index contributed by atoms with van der Waals surface area (Å²) in [7, 11) is 3.66. The fourth-order valence-corrected chi connectivity index (χ4v) is 10.2. The number of hydrogen-bond donors (Lipinski definition) is 2. The predicted molar refractivity (Wildman–Crippen MR) is 263 cm³/mol. The zero-order valence-corrected chi connectivity index (χ0v) is 38.9. The molecule has 6 aromatic rings. The van der Waals surface area contributed by atoms with Crippen molar-refractivity contribution in [2.75, 3.05) is 53.4 Å². The Kier molecular flexibility index (Phi) is 15.6. The molecule has 0 atom stereocenters. The van der Waals surface area contributed by atoms with E-state index < -0.39 is 27.8 Å². The van der Waals surface area contributed by atoms with Crippen molar-refractivity contribution in [3.8, 4) is 6.07 Å². The molecule has 0 aromatic heterocycles. The lowest BCUT2D eigenvalue weighted by Crippen LogP contribution is -2.48. The first-order chi connectivity index (χ1) is 32.0. The number of halogens is 1. The molecule has 2 fully saturated rings. The molecule has 6 aromatic carbocycles. The maximum absolute atomic E-state index is 13.8. The van der Waals surface area contributed by atoms with Gasteiger partial charge in [0, 0.05) is 38.8 Å². The van der Waals surface area contributed by atoms with Crippen molar-refractivity contribution < 1.29 is 19.8 Å². The molecule has 0 bridgehead atoms. The third kappa shape index (κ3) is 10.3. The van der Waals surface area contributed by atoms with Gasteiger partial charge in [-0.2, -0.15) is 5.26 Å². The Morgan fingerprint density at radius 2 is 0.985 bits per heavy atom. The molecule has 2 N–H and O–H groups in total. The second-order valence-corrected chi connectivity index (χ2v) is 18.5. The molecule has 8 rings (SSSR count). The second kappa shape index (κ2) is 21.5. The zero-order chi connectivity index (χ0) is 46.6. The van der Waals surface area contributed by atoms with Crippen LogP contribution in [-0.2, 0) is 31.4 Å². The number of rotatable bonds is 14. The Bertz CT molecular complexity index is 2420. The van der Waals surface area contributed by atoms with Gasteiger partial charge < -0.3 is 24.9 Å². The summed E-state index contributed by atoms with van der Waals surface area (Å²) in [5.41, 5.74) is 2.64. The molecule has 0 aliphatic carbocycles. The summed E-state index contributed by atoms with van der Waals surface area (Å²) in [6, 6.07) is 59.9. The number of carboxylic acids is 1. The van der Waals surface area contributed by atoms with E-state index in [1.165, 1.54) is 0 Å². The van der Waals surface area contributed by atoms with E-state index in [1.54, 1.807) is 4.90 Å². The zero-order valence-electron chi connectivity index (χ0n) is 38.1. The normalized spacial score (nSPS) is 16.2. The van der Waals surface area contributed by atoms with Crippen LogP contribution < -0.4 is 0 Å². The van der Waals surface area contributed by atoms with Crippen LogP contribution in [0.5, 0.6) is 0 Å². The Hall–Kier alpha value is -6.08. The number of benzene rings is 6. The molecule has 0 radical (unpaired) electrons. The number of likely N-dealkylation sites (N-methyl/N-ethyl adjacent to an activating group) is 1. The SMILES string of the molecule is CN(C)C(=O)C(CCN1CCC(O)(c2ccc(Cl)cc2)CC1)(c1ccccc1)c1ccccc1.N#CC(CCN1CCC(C(=O)O)(c2ccccc2)CC1)(c1ccccc1)c1ccccc1. The molecule has 1 amide bonds. The fourth-order valence-electron chi connectivity index (χ4n) is 10.1. The van der Waals surface area contributed by atoms with Crippen molar-refractivity contribution in [1.82, 2.24) is 14.7 Å². The number of carboxylic acid groups (broad SMARTS) is 1. The number of piperidine rings is 2. The van der Waals surface area contributed by atoms with E-state index in [1.807, 2.05) is 166 Å². The van der Waals surface area contributed by atoms with Crippen LogP contribution in [0, 0.1) is 11.3 Å². The van der Waals surface area contributed by atoms with E-state index in [9.17, 15) is 25.1 Å². The fraction of sp³-hybridized carbons (Fsp3) is 0.316. The molecule has 2 heterocycles. The second-order valence-electron chi connectivity index (χ2n) is 18.1. The van der Waals surface area contributed by atoms with Gasteiger partial charge in [-0.1, -0.05) is 175 Å². The van der Waals surface area contributed by atoms with E-state index in [4.69, 9.17) is 11.6 Å². The summed E-state index contributed by atoms with van der Waals surface area (Å²) in [6.07, 6.45) is 3.77. The van der Waals surface area contributed by atoms with Crippen LogP contribution >= 0.6 is 11.6 Å². The predicted octanol–water partition coefficient (Wildman–Crippen LogP) is 10.1. The van der Waals surface area contributed by atoms with Crippen LogP contribution in [0.4, 0.5) is 0 Å². The monoisotopic (exact) mass is 900 g/mol. The van der Waals surface area contributed by atoms with Crippen LogP contribution in [0.3, 0.4) is 0 Å². The van der Waals surface area contributed by atoms with Crippen LogP contribution in [0.1, 0.15) is 71.9 Å². The first kappa shape index (κ1) is 47.9. The largest absolute Gasteiger partial charge is 0.481 e. The lowest BCUT2D eigenvalue weighted by Gasteiger charge is -2.41. The number of carbonyl (C=O) groups excluding carboxylic acids is 1. The first-order valence-corrected chi connectivity index (χ1v) is 23.4. The number of hydrogen-bond acceptors (Lipinski definition) is 6. The van der Waals surface area contributed by atoms with E-state index in [0.717, 1.165) is 59.6 Å². The Balaban J connectivity index is 0.000000197. The van der Waals surface area contributed by atoms with Crippen LogP contribution in [0.25, 0.3) is 0 Å². The van der Waals surface area contributed by atoms with Crippen molar-refractivity contribution in [2.24, 2.45) is 0 Å². The van der Waals surface area contributed by atoms with Crippen LogP contribution in [-0.4, -0.2) is 90.2 Å². The molecule has 2 aliphatic heterocycles. The summed E-state index contributed by atoms with van der Waals surface area (Å²) in [6.45, 7) is 4.45. The van der Waals surface area contributed by atoms with Gasteiger partial charge in [0.15, 0.2) is 0 Å². The maximum atomic E-state index is 13.8. The third-order valence-corrected chi connectivity index (χ3v) is 14.4. The highest BCUT2D eigenvalue weighted by molar-refractivity contribution is 6.30. The Morgan fingerprint density at radius 1 is 0.591 bits per heavy atom. The molecule has 2 aliphatic rings. The molecule has 9 heteroatoms. The first-order valence-electron chi connectivity index (χ1n) is 23.0. The average molecular weight is 902 g/mol. The van der Waals surface area contributed by atoms with Gasteiger partial charge in [-0.3, -0.25) is 9.59 Å². The summed E-state index contributed by atoms with van der Waals surface area (Å²) in [5.74, 6) is -0.664. The Labute approximate surface area is 395 Å². The molecule has 0 spiro atoms. The standard InChI is InChI=1S/C29H33ClN2O2.C28H28N2O2/c1-31(2)27(33)29(24-9-5-3-6-10-24,25-11-7-4-8-12-25)19-22-32-20-17-28(34,18-21-32)23-13-15-26(30)16-14-23;29-22-28(24-12-6-2-7-13-24,25-14-8-3-9-15-25)18-21-30-19-16-27(17-20-30,26(31)32)23-10-4-1-5-11-23/h3-16,34H,17-22H2,1-2H3;1-15H,16-21H2,(H,31,32). The number of likely N-dealkylation sites (tertiary alicyclic amines) is 2. The van der Waals surface area contributed by atoms with Crippen molar-refractivity contribution >= 4 is 23.5 Å². The van der Waals surface area contributed by atoms with E-state index in [0.29, 0.717) is 56.6 Å². The number of carbonyl (C=O) groups is 2.